The Morgan fingerprint density at radius 1 is 1.56 bits per heavy atom. The minimum atomic E-state index is -0.0157. The van der Waals surface area contributed by atoms with Gasteiger partial charge in [-0.15, -0.1) is 0 Å². The number of hydrogen-bond acceptors (Lipinski definition) is 4. The molecule has 0 aromatic carbocycles. The van der Waals surface area contributed by atoms with Crippen molar-refractivity contribution in [3.05, 3.63) is 23.9 Å². The van der Waals surface area contributed by atoms with E-state index < -0.39 is 0 Å². The molecule has 0 radical (unpaired) electrons. The van der Waals surface area contributed by atoms with Crippen LogP contribution in [-0.2, 0) is 0 Å². The summed E-state index contributed by atoms with van der Waals surface area (Å²) in [5.41, 5.74) is 0.632. The molecule has 1 aliphatic heterocycles. The molecule has 1 fully saturated rings. The van der Waals surface area contributed by atoms with E-state index in [-0.39, 0.29) is 5.91 Å². The van der Waals surface area contributed by atoms with Crippen LogP contribution in [0.5, 0.6) is 0 Å². The number of thioether (sulfide) groups is 1. The van der Waals surface area contributed by atoms with Gasteiger partial charge >= 0.3 is 0 Å². The van der Waals surface area contributed by atoms with Crippen molar-refractivity contribution in [1.29, 1.82) is 0 Å². The van der Waals surface area contributed by atoms with Crippen LogP contribution < -0.4 is 10.6 Å². The van der Waals surface area contributed by atoms with E-state index in [1.165, 1.54) is 12.2 Å². The lowest BCUT2D eigenvalue weighted by Crippen LogP contribution is -2.38. The van der Waals surface area contributed by atoms with Crippen molar-refractivity contribution in [2.75, 3.05) is 23.4 Å². The van der Waals surface area contributed by atoms with E-state index in [4.69, 9.17) is 0 Å². The molecule has 1 saturated heterocycles. The number of rotatable bonds is 4. The molecule has 1 atom stereocenters. The zero-order valence-corrected chi connectivity index (χ0v) is 11.4. The maximum Gasteiger partial charge on any atom is 0.253 e. The van der Waals surface area contributed by atoms with Gasteiger partial charge in [-0.3, -0.25) is 4.79 Å². The Hall–Kier alpha value is -1.23. The van der Waals surface area contributed by atoms with Crippen molar-refractivity contribution in [3.8, 4) is 0 Å². The Kier molecular flexibility index (Phi) is 4.87. The van der Waals surface area contributed by atoms with Gasteiger partial charge in [0.05, 0.1) is 5.56 Å². The Bertz CT molecular complexity index is 388. The zero-order valence-electron chi connectivity index (χ0n) is 10.6. The van der Waals surface area contributed by atoms with Crippen molar-refractivity contribution >= 4 is 23.5 Å². The molecular weight excluding hydrogens is 246 g/mol. The van der Waals surface area contributed by atoms with Crippen molar-refractivity contribution in [3.63, 3.8) is 0 Å². The monoisotopic (exact) mass is 265 g/mol. The molecule has 98 valence electrons. The van der Waals surface area contributed by atoms with Crippen molar-refractivity contribution in [1.82, 2.24) is 10.3 Å². The van der Waals surface area contributed by atoms with Crippen LogP contribution in [0.15, 0.2) is 18.3 Å². The fraction of sp³-hybridized carbons (Fsp3) is 0.538. The number of aromatic nitrogens is 1. The quantitative estimate of drug-likeness (QED) is 0.876. The van der Waals surface area contributed by atoms with Gasteiger partial charge in [-0.2, -0.15) is 11.8 Å². The van der Waals surface area contributed by atoms with E-state index in [2.05, 4.69) is 15.6 Å². The first kappa shape index (κ1) is 13.2. The normalized spacial score (nSPS) is 19.3. The highest BCUT2D eigenvalue weighted by atomic mass is 32.2. The Balaban J connectivity index is 1.91. The first-order valence-corrected chi connectivity index (χ1v) is 7.53. The number of nitrogens with one attached hydrogen (secondary N) is 2. The second kappa shape index (κ2) is 6.64. The third kappa shape index (κ3) is 3.63. The van der Waals surface area contributed by atoms with Gasteiger partial charge in [0.1, 0.15) is 5.82 Å². The molecule has 1 aromatic heterocycles. The van der Waals surface area contributed by atoms with Gasteiger partial charge in [-0.25, -0.2) is 4.98 Å². The smallest absolute Gasteiger partial charge is 0.253 e. The van der Waals surface area contributed by atoms with Gasteiger partial charge in [0.15, 0.2) is 0 Å². The highest BCUT2D eigenvalue weighted by Gasteiger charge is 2.16. The van der Waals surface area contributed by atoms with Crippen molar-refractivity contribution < 1.29 is 4.79 Å². The largest absolute Gasteiger partial charge is 0.370 e. The van der Waals surface area contributed by atoms with E-state index in [1.54, 1.807) is 6.20 Å². The molecule has 18 heavy (non-hydrogen) atoms. The number of amides is 1. The topological polar surface area (TPSA) is 54.0 Å². The fourth-order valence-electron chi connectivity index (χ4n) is 1.94. The van der Waals surface area contributed by atoms with Crippen LogP contribution in [0.25, 0.3) is 0 Å². The van der Waals surface area contributed by atoms with E-state index in [0.29, 0.717) is 11.6 Å². The minimum Gasteiger partial charge on any atom is -0.370 e. The summed E-state index contributed by atoms with van der Waals surface area (Å²) in [6.45, 7) is 2.85. The van der Waals surface area contributed by atoms with Gasteiger partial charge in [-0.1, -0.05) is 0 Å². The summed E-state index contributed by atoms with van der Waals surface area (Å²) in [5.74, 6) is 3.03. The molecule has 1 aromatic rings. The summed E-state index contributed by atoms with van der Waals surface area (Å²) in [6, 6.07) is 3.97. The zero-order chi connectivity index (χ0) is 12.8. The Morgan fingerprint density at radius 2 is 2.44 bits per heavy atom. The van der Waals surface area contributed by atoms with Crippen LogP contribution in [0.2, 0.25) is 0 Å². The summed E-state index contributed by atoms with van der Waals surface area (Å²) >= 11 is 1.91. The standard InChI is InChI=1S/C13H19N3OS/c1-2-14-12-6-5-10(8-15-12)13(17)16-11-4-3-7-18-9-11/h5-6,8,11H,2-4,7,9H2,1H3,(H,14,15)(H,16,17). The van der Waals surface area contributed by atoms with Crippen LogP contribution in [0.1, 0.15) is 30.1 Å². The lowest BCUT2D eigenvalue weighted by molar-refractivity contribution is 0.0938. The van der Waals surface area contributed by atoms with E-state index >= 15 is 0 Å². The minimum absolute atomic E-state index is 0.0157. The number of pyridine rings is 1. The van der Waals surface area contributed by atoms with Crippen LogP contribution in [-0.4, -0.2) is 35.0 Å². The Labute approximate surface area is 112 Å². The predicted octanol–water partition coefficient (Wildman–Crippen LogP) is 2.14. The van der Waals surface area contributed by atoms with Gasteiger partial charge in [-0.05, 0) is 37.7 Å². The predicted molar refractivity (Wildman–Crippen MR) is 76.2 cm³/mol. The summed E-state index contributed by atoms with van der Waals surface area (Å²) in [5, 5.41) is 6.18. The highest BCUT2D eigenvalue weighted by Crippen LogP contribution is 2.17. The average molecular weight is 265 g/mol. The van der Waals surface area contributed by atoms with Gasteiger partial charge in [0.25, 0.3) is 5.91 Å². The molecule has 2 N–H and O–H groups in total. The summed E-state index contributed by atoms with van der Waals surface area (Å²) in [6.07, 6.45) is 3.90. The molecule has 0 bridgehead atoms. The molecular formula is C13H19N3OS. The molecule has 1 aliphatic rings. The van der Waals surface area contributed by atoms with E-state index in [9.17, 15) is 4.79 Å². The van der Waals surface area contributed by atoms with Crippen LogP contribution in [0.4, 0.5) is 5.82 Å². The van der Waals surface area contributed by atoms with E-state index in [0.717, 1.165) is 24.5 Å². The van der Waals surface area contributed by atoms with Gasteiger partial charge in [0.2, 0.25) is 0 Å². The molecule has 2 rings (SSSR count). The molecule has 0 spiro atoms. The van der Waals surface area contributed by atoms with Crippen LogP contribution in [0.3, 0.4) is 0 Å². The second-order valence-electron chi connectivity index (χ2n) is 4.35. The Morgan fingerprint density at radius 3 is 3.06 bits per heavy atom. The SMILES string of the molecule is CCNc1ccc(C(=O)NC2CCCSC2)cn1. The van der Waals surface area contributed by atoms with Crippen LogP contribution in [0, 0.1) is 0 Å². The maximum atomic E-state index is 12.0. The van der Waals surface area contributed by atoms with E-state index in [1.807, 2.05) is 30.8 Å². The fourth-order valence-corrected chi connectivity index (χ4v) is 3.01. The molecule has 1 unspecified atom stereocenters. The number of nitrogens with zero attached hydrogens (tertiary/aromatic N) is 1. The summed E-state index contributed by atoms with van der Waals surface area (Å²) in [4.78, 5) is 16.2. The molecule has 2 heterocycles. The van der Waals surface area contributed by atoms with Gasteiger partial charge in [0, 0.05) is 24.5 Å². The first-order chi connectivity index (χ1) is 8.79. The molecule has 0 saturated carbocycles. The number of anilines is 1. The first-order valence-electron chi connectivity index (χ1n) is 6.38. The molecule has 5 heteroatoms. The van der Waals surface area contributed by atoms with Crippen LogP contribution >= 0.6 is 11.8 Å². The molecule has 1 amide bonds. The lowest BCUT2D eigenvalue weighted by atomic mass is 10.1. The molecule has 4 nitrogen and oxygen atoms in total. The van der Waals surface area contributed by atoms with Gasteiger partial charge < -0.3 is 10.6 Å². The number of hydrogen-bond donors (Lipinski definition) is 2. The third-order valence-corrected chi connectivity index (χ3v) is 4.09. The molecule has 0 aliphatic carbocycles. The van der Waals surface area contributed by atoms with Crippen molar-refractivity contribution in [2.24, 2.45) is 0 Å². The summed E-state index contributed by atoms with van der Waals surface area (Å²) in [7, 11) is 0. The second-order valence-corrected chi connectivity index (χ2v) is 5.50. The van der Waals surface area contributed by atoms with Crippen molar-refractivity contribution in [2.45, 2.75) is 25.8 Å². The maximum absolute atomic E-state index is 12.0. The third-order valence-electron chi connectivity index (χ3n) is 2.88. The highest BCUT2D eigenvalue weighted by molar-refractivity contribution is 7.99. The lowest BCUT2D eigenvalue weighted by Gasteiger charge is -2.22. The number of carbonyl (C=O) groups is 1. The summed E-state index contributed by atoms with van der Waals surface area (Å²) < 4.78 is 0. The average Bonchev–Trinajstić information content (AvgIpc) is 2.41. The number of carbonyl (C=O) groups excluding carboxylic acids is 1.